The van der Waals surface area contributed by atoms with Crippen molar-refractivity contribution in [2.75, 3.05) is 13.8 Å². The fraction of sp³-hybridized carbons (Fsp3) is 0.562. The summed E-state index contributed by atoms with van der Waals surface area (Å²) in [6, 6.07) is 2.37. The summed E-state index contributed by atoms with van der Waals surface area (Å²) in [4.78, 5) is 10.5. The number of alkyl halides is 6. The first-order chi connectivity index (χ1) is 11.7. The van der Waals surface area contributed by atoms with Gasteiger partial charge >= 0.3 is 12.1 Å². The second-order valence-corrected chi connectivity index (χ2v) is 5.51. The van der Waals surface area contributed by atoms with Crippen molar-refractivity contribution in [3.05, 3.63) is 34.9 Å². The van der Waals surface area contributed by atoms with Crippen molar-refractivity contribution in [3.63, 3.8) is 0 Å². The number of halogens is 6. The lowest BCUT2D eigenvalue weighted by molar-refractivity contribution is -0.138. The van der Waals surface area contributed by atoms with E-state index in [0.717, 1.165) is 12.1 Å². The smallest absolute Gasteiger partial charge is 0.416 e. The molecule has 142 valence electrons. The average molecular weight is 372 g/mol. The van der Waals surface area contributed by atoms with Crippen LogP contribution in [0.5, 0.6) is 0 Å². The summed E-state index contributed by atoms with van der Waals surface area (Å²) in [7, 11) is 0.500. The van der Waals surface area contributed by atoms with Gasteiger partial charge in [0.15, 0.2) is 0 Å². The molecule has 2 atom stereocenters. The van der Waals surface area contributed by atoms with Gasteiger partial charge in [0.25, 0.3) is 6.43 Å². The maximum Gasteiger partial charge on any atom is 0.416 e. The zero-order valence-corrected chi connectivity index (χ0v) is 13.3. The summed E-state index contributed by atoms with van der Waals surface area (Å²) in [5, 5.41) is 8.62. The van der Waals surface area contributed by atoms with Crippen molar-refractivity contribution in [2.24, 2.45) is 0 Å². The molecule has 0 aromatic heterocycles. The fourth-order valence-corrected chi connectivity index (χ4v) is 2.63. The summed E-state index contributed by atoms with van der Waals surface area (Å²) >= 11 is 0. The van der Waals surface area contributed by atoms with Crippen molar-refractivity contribution < 1.29 is 41.0 Å². The lowest BCUT2D eigenvalue weighted by Crippen LogP contribution is -2.09. The van der Waals surface area contributed by atoms with E-state index in [2.05, 4.69) is 0 Å². The van der Waals surface area contributed by atoms with E-state index in [1.54, 1.807) is 0 Å². The van der Waals surface area contributed by atoms with E-state index < -0.39 is 35.6 Å². The minimum absolute atomic E-state index is 0.0915. The van der Waals surface area contributed by atoms with Crippen LogP contribution >= 0.6 is 0 Å². The standard InChI is InChI=1S/C15H15F5O3.CH3F/c16-14(17)9-3-8(4-11(5-9)15(18,19)20)10-6-12(23-7-10)1-2-13(21)22;1-2/h3-5,10,12,14H,1-2,6-7H2,(H,21,22);1H3. The highest BCUT2D eigenvalue weighted by Crippen LogP contribution is 2.38. The third-order valence-electron chi connectivity index (χ3n) is 3.79. The second kappa shape index (κ2) is 9.07. The molecule has 0 aliphatic carbocycles. The van der Waals surface area contributed by atoms with Crippen LogP contribution in [0.2, 0.25) is 0 Å². The number of carboxylic acid groups (broad SMARTS) is 1. The number of carboxylic acids is 1. The number of aliphatic carboxylic acids is 1. The number of ether oxygens (including phenoxy) is 1. The van der Waals surface area contributed by atoms with Gasteiger partial charge in [-0.2, -0.15) is 13.2 Å². The molecule has 9 heteroatoms. The quantitative estimate of drug-likeness (QED) is 0.743. The molecular weight excluding hydrogens is 354 g/mol. The third-order valence-corrected chi connectivity index (χ3v) is 3.79. The predicted molar refractivity (Wildman–Crippen MR) is 77.4 cm³/mol. The molecule has 0 spiro atoms. The van der Waals surface area contributed by atoms with E-state index in [-0.39, 0.29) is 31.1 Å². The van der Waals surface area contributed by atoms with Gasteiger partial charge in [0.05, 0.1) is 25.5 Å². The lowest BCUT2D eigenvalue weighted by atomic mass is 9.92. The molecule has 1 aromatic carbocycles. The Kier molecular flexibility index (Phi) is 7.72. The summed E-state index contributed by atoms with van der Waals surface area (Å²) in [5.41, 5.74) is -1.64. The van der Waals surface area contributed by atoms with E-state index >= 15 is 0 Å². The van der Waals surface area contributed by atoms with Crippen LogP contribution in [0.25, 0.3) is 0 Å². The van der Waals surface area contributed by atoms with Crippen molar-refractivity contribution >= 4 is 5.97 Å². The molecule has 1 aliphatic heterocycles. The molecule has 1 saturated heterocycles. The van der Waals surface area contributed by atoms with Crippen LogP contribution in [-0.2, 0) is 15.7 Å². The number of rotatable bonds is 5. The summed E-state index contributed by atoms with van der Waals surface area (Å²) in [5.74, 6) is -1.44. The van der Waals surface area contributed by atoms with Gasteiger partial charge in [-0.25, -0.2) is 8.78 Å². The number of hydrogen-bond donors (Lipinski definition) is 1. The monoisotopic (exact) mass is 372 g/mol. The Hall–Kier alpha value is -1.77. The molecule has 0 bridgehead atoms. The third kappa shape index (κ3) is 6.22. The molecule has 0 saturated carbocycles. The normalized spacial score (nSPS) is 20.3. The van der Waals surface area contributed by atoms with Crippen LogP contribution in [0.1, 0.15) is 48.3 Å². The Balaban J connectivity index is 0.00000151. The van der Waals surface area contributed by atoms with Crippen LogP contribution in [0.4, 0.5) is 26.3 Å². The van der Waals surface area contributed by atoms with Gasteiger partial charge in [-0.05, 0) is 36.6 Å². The highest BCUT2D eigenvalue weighted by atomic mass is 19.4. The van der Waals surface area contributed by atoms with Gasteiger partial charge in [-0.1, -0.05) is 0 Å². The van der Waals surface area contributed by atoms with Crippen LogP contribution in [0.3, 0.4) is 0 Å². The van der Waals surface area contributed by atoms with E-state index in [9.17, 15) is 31.1 Å². The molecular formula is C16H18F6O3. The van der Waals surface area contributed by atoms with Gasteiger partial charge < -0.3 is 9.84 Å². The Morgan fingerprint density at radius 1 is 1.28 bits per heavy atom. The van der Waals surface area contributed by atoms with Crippen molar-refractivity contribution in [2.45, 2.75) is 43.9 Å². The molecule has 2 rings (SSSR count). The summed E-state index contributed by atoms with van der Waals surface area (Å²) < 4.78 is 79.0. The molecule has 0 amide bonds. The number of benzene rings is 1. The van der Waals surface area contributed by atoms with Crippen molar-refractivity contribution in [1.82, 2.24) is 0 Å². The molecule has 0 radical (unpaired) electrons. The lowest BCUT2D eigenvalue weighted by Gasteiger charge is -2.15. The highest BCUT2D eigenvalue weighted by molar-refractivity contribution is 5.66. The first kappa shape index (κ1) is 21.3. The highest BCUT2D eigenvalue weighted by Gasteiger charge is 2.34. The molecule has 1 aliphatic rings. The minimum atomic E-state index is -4.71. The van der Waals surface area contributed by atoms with Gasteiger partial charge in [0.1, 0.15) is 0 Å². The van der Waals surface area contributed by atoms with Gasteiger partial charge in [-0.3, -0.25) is 9.18 Å². The number of carbonyl (C=O) groups is 1. The zero-order chi connectivity index (χ0) is 19.2. The molecule has 3 nitrogen and oxygen atoms in total. The number of hydrogen-bond acceptors (Lipinski definition) is 2. The Bertz CT molecular complexity index is 573. The van der Waals surface area contributed by atoms with E-state index in [4.69, 9.17) is 9.84 Å². The van der Waals surface area contributed by atoms with E-state index in [1.807, 2.05) is 0 Å². The first-order valence-corrected chi connectivity index (χ1v) is 7.38. The minimum Gasteiger partial charge on any atom is -0.481 e. The molecule has 1 aromatic rings. The Morgan fingerprint density at radius 2 is 1.92 bits per heavy atom. The van der Waals surface area contributed by atoms with Crippen LogP contribution in [-0.4, -0.2) is 31.0 Å². The molecule has 1 heterocycles. The largest absolute Gasteiger partial charge is 0.481 e. The fourth-order valence-electron chi connectivity index (χ4n) is 2.63. The predicted octanol–water partition coefficient (Wildman–Crippen LogP) is 4.97. The van der Waals surface area contributed by atoms with Crippen molar-refractivity contribution in [3.8, 4) is 0 Å². The molecule has 25 heavy (non-hydrogen) atoms. The summed E-state index contributed by atoms with van der Waals surface area (Å²) in [6.07, 6.45) is -7.64. The van der Waals surface area contributed by atoms with Crippen LogP contribution in [0.15, 0.2) is 18.2 Å². The maximum atomic E-state index is 12.8. The molecule has 2 unspecified atom stereocenters. The van der Waals surface area contributed by atoms with Gasteiger partial charge in [0.2, 0.25) is 0 Å². The zero-order valence-electron chi connectivity index (χ0n) is 13.3. The van der Waals surface area contributed by atoms with Crippen LogP contribution < -0.4 is 0 Å². The maximum absolute atomic E-state index is 12.8. The topological polar surface area (TPSA) is 46.5 Å². The Labute approximate surface area is 140 Å². The van der Waals surface area contributed by atoms with Crippen molar-refractivity contribution in [1.29, 1.82) is 0 Å². The SMILES string of the molecule is CF.O=C(O)CCC1CC(c2cc(C(F)F)cc(C(F)(F)F)c2)CO1. The van der Waals surface area contributed by atoms with E-state index in [1.165, 1.54) is 0 Å². The second-order valence-electron chi connectivity index (χ2n) is 5.51. The first-order valence-electron chi connectivity index (χ1n) is 7.38. The molecule has 1 N–H and O–H groups in total. The average Bonchev–Trinajstić information content (AvgIpc) is 3.02. The molecule has 1 fully saturated rings. The summed E-state index contributed by atoms with van der Waals surface area (Å²) in [6.45, 7) is 0.0915. The van der Waals surface area contributed by atoms with Gasteiger partial charge in [0, 0.05) is 17.9 Å². The Morgan fingerprint density at radius 3 is 2.44 bits per heavy atom. The van der Waals surface area contributed by atoms with Gasteiger partial charge in [-0.15, -0.1) is 0 Å². The van der Waals surface area contributed by atoms with Crippen LogP contribution in [0, 0.1) is 0 Å². The van der Waals surface area contributed by atoms with E-state index in [0.29, 0.717) is 19.7 Å².